The van der Waals surface area contributed by atoms with Crippen LogP contribution in [0.25, 0.3) is 0 Å². The lowest BCUT2D eigenvalue weighted by Crippen LogP contribution is -2.67. The van der Waals surface area contributed by atoms with Gasteiger partial charge in [0, 0.05) is 0 Å². The van der Waals surface area contributed by atoms with Crippen molar-refractivity contribution in [1.29, 1.82) is 0 Å². The molecule has 0 unspecified atom stereocenters. The fraction of sp³-hybridized carbons (Fsp3) is 1.00. The highest BCUT2D eigenvalue weighted by Crippen LogP contribution is 2.73. The topological polar surface area (TPSA) is 0 Å². The third-order valence-electron chi connectivity index (χ3n) is 6.36. The van der Waals surface area contributed by atoms with E-state index in [9.17, 15) is 0 Å². The van der Waals surface area contributed by atoms with Crippen molar-refractivity contribution in [2.75, 3.05) is 0 Å². The lowest BCUT2D eigenvalue weighted by atomic mass is 9.31. The zero-order valence-corrected chi connectivity index (χ0v) is 14.6. The second-order valence-corrected chi connectivity index (χ2v) is 9.19. The monoisotopic (exact) mass is 252 g/mol. The highest BCUT2D eigenvalue weighted by molar-refractivity contribution is 5.15. The van der Waals surface area contributed by atoms with Crippen LogP contribution in [0.4, 0.5) is 0 Å². The van der Waals surface area contributed by atoms with E-state index in [1.165, 1.54) is 12.8 Å². The maximum absolute atomic E-state index is 2.52. The van der Waals surface area contributed by atoms with Crippen LogP contribution >= 0.6 is 0 Å². The summed E-state index contributed by atoms with van der Waals surface area (Å²) in [6.07, 6.45) is 2.56. The van der Waals surface area contributed by atoms with Crippen molar-refractivity contribution in [3.05, 3.63) is 0 Å². The van der Waals surface area contributed by atoms with E-state index in [1.54, 1.807) is 0 Å². The van der Waals surface area contributed by atoms with Crippen molar-refractivity contribution in [1.82, 2.24) is 0 Å². The molecule has 1 aliphatic carbocycles. The second-order valence-electron chi connectivity index (χ2n) is 9.19. The van der Waals surface area contributed by atoms with Gasteiger partial charge in [0.2, 0.25) is 0 Å². The predicted molar refractivity (Wildman–Crippen MR) is 82.7 cm³/mol. The number of rotatable bonds is 4. The Hall–Kier alpha value is 0. The minimum atomic E-state index is 0.452. The minimum Gasteiger partial charge on any atom is -0.0649 e. The average Bonchev–Trinajstić information content (AvgIpc) is 2.13. The molecule has 0 aliphatic heterocycles. The maximum Gasteiger partial charge on any atom is -0.0254 e. The quantitative estimate of drug-likeness (QED) is 0.562. The molecule has 0 heterocycles. The first-order valence-corrected chi connectivity index (χ1v) is 7.85. The lowest BCUT2D eigenvalue weighted by molar-refractivity contribution is -0.252. The fourth-order valence-electron chi connectivity index (χ4n) is 6.59. The molecule has 1 aliphatic rings. The standard InChI is InChI=1S/C18H36/c1-11-15(3,4)13-17(7,8)14(18(13,9)10)16(5,6)12-2/h13-14H,11-12H2,1-10H3. The van der Waals surface area contributed by atoms with Gasteiger partial charge in [-0.3, -0.25) is 0 Å². The largest absolute Gasteiger partial charge is 0.0649 e. The van der Waals surface area contributed by atoms with Crippen LogP contribution in [0.1, 0.15) is 82.1 Å². The van der Waals surface area contributed by atoms with E-state index in [-0.39, 0.29) is 0 Å². The van der Waals surface area contributed by atoms with E-state index < -0.39 is 0 Å². The van der Waals surface area contributed by atoms with Gasteiger partial charge in [0.25, 0.3) is 0 Å². The van der Waals surface area contributed by atoms with Gasteiger partial charge in [-0.15, -0.1) is 0 Å². The summed E-state index contributed by atoms with van der Waals surface area (Å²) in [5.74, 6) is 1.64. The van der Waals surface area contributed by atoms with Gasteiger partial charge in [-0.1, -0.05) is 82.1 Å². The summed E-state index contributed by atoms with van der Waals surface area (Å²) in [6, 6.07) is 0. The predicted octanol–water partition coefficient (Wildman–Crippen LogP) is 6.16. The van der Waals surface area contributed by atoms with Gasteiger partial charge in [0.05, 0.1) is 0 Å². The molecule has 0 spiro atoms. The lowest BCUT2D eigenvalue weighted by Gasteiger charge is -2.73. The van der Waals surface area contributed by atoms with Gasteiger partial charge < -0.3 is 0 Å². The summed E-state index contributed by atoms with van der Waals surface area (Å²) in [5.41, 5.74) is 1.83. The van der Waals surface area contributed by atoms with Gasteiger partial charge in [0.1, 0.15) is 0 Å². The molecule has 0 aromatic carbocycles. The van der Waals surface area contributed by atoms with Crippen molar-refractivity contribution in [3.63, 3.8) is 0 Å². The summed E-state index contributed by atoms with van der Waals surface area (Å²) < 4.78 is 0. The summed E-state index contributed by atoms with van der Waals surface area (Å²) >= 11 is 0. The zero-order valence-electron chi connectivity index (χ0n) is 14.6. The molecule has 18 heavy (non-hydrogen) atoms. The third-order valence-corrected chi connectivity index (χ3v) is 6.36. The van der Waals surface area contributed by atoms with Crippen molar-refractivity contribution >= 4 is 0 Å². The van der Waals surface area contributed by atoms with Crippen LogP contribution < -0.4 is 0 Å². The molecular formula is C18H36. The first-order chi connectivity index (χ1) is 7.85. The van der Waals surface area contributed by atoms with Crippen LogP contribution in [0.3, 0.4) is 0 Å². The Balaban J connectivity index is 3.18. The minimum absolute atomic E-state index is 0.452. The highest BCUT2D eigenvalue weighted by Gasteiger charge is 2.67. The fourth-order valence-corrected chi connectivity index (χ4v) is 6.59. The molecule has 0 bridgehead atoms. The average molecular weight is 252 g/mol. The Bertz CT molecular complexity index is 260. The van der Waals surface area contributed by atoms with E-state index in [0.29, 0.717) is 21.7 Å². The van der Waals surface area contributed by atoms with Crippen molar-refractivity contribution in [2.24, 2.45) is 33.5 Å². The van der Waals surface area contributed by atoms with E-state index in [2.05, 4.69) is 69.2 Å². The van der Waals surface area contributed by atoms with E-state index in [4.69, 9.17) is 0 Å². The van der Waals surface area contributed by atoms with Gasteiger partial charge in [-0.05, 0) is 33.5 Å². The van der Waals surface area contributed by atoms with Crippen molar-refractivity contribution < 1.29 is 0 Å². The molecule has 1 fully saturated rings. The van der Waals surface area contributed by atoms with Crippen LogP contribution in [-0.2, 0) is 0 Å². The van der Waals surface area contributed by atoms with E-state index in [0.717, 1.165) is 11.8 Å². The molecule has 0 heteroatoms. The normalized spacial score (nSPS) is 31.0. The number of hydrogen-bond donors (Lipinski definition) is 0. The van der Waals surface area contributed by atoms with Crippen LogP contribution in [0.2, 0.25) is 0 Å². The summed E-state index contributed by atoms with van der Waals surface area (Å²) in [7, 11) is 0. The van der Waals surface area contributed by atoms with E-state index in [1.807, 2.05) is 0 Å². The van der Waals surface area contributed by atoms with Crippen molar-refractivity contribution in [3.8, 4) is 0 Å². The van der Waals surface area contributed by atoms with Crippen molar-refractivity contribution in [2.45, 2.75) is 82.1 Å². The van der Waals surface area contributed by atoms with Gasteiger partial charge in [0.15, 0.2) is 0 Å². The SMILES string of the molecule is CCC(C)(C)C1C(C)(C)C(C(C)(C)CC)C1(C)C. The van der Waals surface area contributed by atoms with Crippen LogP contribution in [0.5, 0.6) is 0 Å². The molecule has 0 amide bonds. The summed E-state index contributed by atoms with van der Waals surface area (Å²) in [6.45, 7) is 24.6. The Morgan fingerprint density at radius 2 is 0.889 bits per heavy atom. The van der Waals surface area contributed by atoms with Crippen LogP contribution in [0.15, 0.2) is 0 Å². The molecule has 0 aromatic heterocycles. The van der Waals surface area contributed by atoms with Gasteiger partial charge in [-0.25, -0.2) is 0 Å². The van der Waals surface area contributed by atoms with Gasteiger partial charge in [-0.2, -0.15) is 0 Å². The molecule has 1 rings (SSSR count). The smallest absolute Gasteiger partial charge is 0.0254 e. The molecule has 108 valence electrons. The van der Waals surface area contributed by atoms with E-state index >= 15 is 0 Å². The Kier molecular flexibility index (Phi) is 3.79. The van der Waals surface area contributed by atoms with Crippen LogP contribution in [-0.4, -0.2) is 0 Å². The second kappa shape index (κ2) is 4.25. The first-order valence-electron chi connectivity index (χ1n) is 7.85. The van der Waals surface area contributed by atoms with Crippen LogP contribution in [0, 0.1) is 33.5 Å². The highest BCUT2D eigenvalue weighted by atomic mass is 14.7. The molecule has 0 saturated heterocycles. The zero-order chi connectivity index (χ0) is 14.6. The third kappa shape index (κ3) is 2.04. The molecule has 0 radical (unpaired) electrons. The Morgan fingerprint density at radius 3 is 1.06 bits per heavy atom. The summed E-state index contributed by atoms with van der Waals surface area (Å²) in [4.78, 5) is 0. The molecular weight excluding hydrogens is 216 g/mol. The molecule has 1 saturated carbocycles. The molecule has 0 N–H and O–H groups in total. The Labute approximate surface area is 116 Å². The Morgan fingerprint density at radius 1 is 0.667 bits per heavy atom. The van der Waals surface area contributed by atoms with Gasteiger partial charge >= 0.3 is 0 Å². The first kappa shape index (κ1) is 16.1. The maximum atomic E-state index is 2.52. The number of hydrogen-bond acceptors (Lipinski definition) is 0. The molecule has 0 aromatic rings. The summed E-state index contributed by atoms with van der Waals surface area (Å²) in [5, 5.41) is 0. The molecule has 0 nitrogen and oxygen atoms in total. The molecule has 0 atom stereocenters.